The van der Waals surface area contributed by atoms with Gasteiger partial charge in [0.25, 0.3) is 0 Å². The fourth-order valence-corrected chi connectivity index (χ4v) is 2.05. The first-order chi connectivity index (χ1) is 10.7. The van der Waals surface area contributed by atoms with Gasteiger partial charge in [0.15, 0.2) is 12.1 Å². The fraction of sp³-hybridized carbons (Fsp3) is 0.500. The third-order valence-electron chi connectivity index (χ3n) is 2.89. The second-order valence-corrected chi connectivity index (χ2v) is 6.50. The molecule has 128 valence electrons. The normalized spacial score (nSPS) is 17.0. The molecule has 7 heteroatoms. The van der Waals surface area contributed by atoms with Crippen LogP contribution in [-0.4, -0.2) is 37.1 Å². The summed E-state index contributed by atoms with van der Waals surface area (Å²) in [7, 11) is 0. The van der Waals surface area contributed by atoms with Crippen molar-refractivity contribution >= 4 is 24.0 Å². The SMILES string of the molecule is CC(C)(C)OC(=O)N[C@@H]1CCNC1.O=Cc1cccc(Cl)c1F. The number of benzene rings is 1. The van der Waals surface area contributed by atoms with Crippen molar-refractivity contribution < 1.29 is 18.7 Å². The molecule has 0 spiro atoms. The summed E-state index contributed by atoms with van der Waals surface area (Å²) in [5.41, 5.74) is -0.414. The van der Waals surface area contributed by atoms with Gasteiger partial charge in [0.2, 0.25) is 0 Å². The Labute approximate surface area is 140 Å². The molecule has 0 saturated carbocycles. The van der Waals surface area contributed by atoms with Crippen molar-refractivity contribution in [2.24, 2.45) is 0 Å². The Bertz CT molecular complexity index is 541. The molecule has 0 aliphatic carbocycles. The van der Waals surface area contributed by atoms with Crippen LogP contribution in [0, 0.1) is 5.82 Å². The maximum Gasteiger partial charge on any atom is 0.407 e. The number of hydrogen-bond acceptors (Lipinski definition) is 4. The topological polar surface area (TPSA) is 67.4 Å². The van der Waals surface area contributed by atoms with Crippen molar-refractivity contribution in [3.8, 4) is 0 Å². The number of amides is 1. The highest BCUT2D eigenvalue weighted by atomic mass is 35.5. The molecule has 1 aliphatic heterocycles. The van der Waals surface area contributed by atoms with Crippen LogP contribution in [0.25, 0.3) is 0 Å². The average molecular weight is 345 g/mol. The molecule has 1 aromatic carbocycles. The van der Waals surface area contributed by atoms with E-state index in [1.54, 1.807) is 0 Å². The van der Waals surface area contributed by atoms with E-state index >= 15 is 0 Å². The van der Waals surface area contributed by atoms with Crippen LogP contribution in [0.15, 0.2) is 18.2 Å². The van der Waals surface area contributed by atoms with E-state index in [2.05, 4.69) is 10.6 Å². The second-order valence-electron chi connectivity index (χ2n) is 6.10. The monoisotopic (exact) mass is 344 g/mol. The molecule has 1 atom stereocenters. The predicted octanol–water partition coefficient (Wildman–Crippen LogP) is 3.16. The van der Waals surface area contributed by atoms with Crippen LogP contribution in [0.4, 0.5) is 9.18 Å². The van der Waals surface area contributed by atoms with Crippen LogP contribution in [0.2, 0.25) is 5.02 Å². The minimum Gasteiger partial charge on any atom is -0.444 e. The summed E-state index contributed by atoms with van der Waals surface area (Å²) in [6.07, 6.45) is 1.10. The van der Waals surface area contributed by atoms with Gasteiger partial charge in [-0.25, -0.2) is 9.18 Å². The predicted molar refractivity (Wildman–Crippen MR) is 87.4 cm³/mol. The number of aldehydes is 1. The summed E-state index contributed by atoms with van der Waals surface area (Å²) < 4.78 is 17.8. The standard InChI is InChI=1S/C9H18N2O2.C7H4ClFO/c1-9(2,3)13-8(12)11-7-4-5-10-6-7;8-6-3-1-2-5(4-10)7(6)9/h7,10H,4-6H2,1-3H3,(H,11,12);1-4H/t7-;/m1./s1. The van der Waals surface area contributed by atoms with E-state index in [0.717, 1.165) is 19.5 Å². The number of carbonyl (C=O) groups is 2. The van der Waals surface area contributed by atoms with E-state index in [4.69, 9.17) is 16.3 Å². The van der Waals surface area contributed by atoms with Crippen LogP contribution < -0.4 is 10.6 Å². The van der Waals surface area contributed by atoms with Gasteiger partial charge in [-0.2, -0.15) is 0 Å². The van der Waals surface area contributed by atoms with E-state index in [9.17, 15) is 14.0 Å². The first kappa shape index (κ1) is 19.4. The van der Waals surface area contributed by atoms with Gasteiger partial charge >= 0.3 is 6.09 Å². The molecule has 2 N–H and O–H groups in total. The molecule has 1 saturated heterocycles. The maximum atomic E-state index is 12.6. The number of hydrogen-bond donors (Lipinski definition) is 2. The highest BCUT2D eigenvalue weighted by Crippen LogP contribution is 2.15. The molecule has 1 heterocycles. The number of carbonyl (C=O) groups excluding carboxylic acids is 2. The Kier molecular flexibility index (Phi) is 7.45. The summed E-state index contributed by atoms with van der Waals surface area (Å²) >= 11 is 5.36. The van der Waals surface area contributed by atoms with Crippen molar-refractivity contribution in [3.63, 3.8) is 0 Å². The third kappa shape index (κ3) is 7.43. The van der Waals surface area contributed by atoms with Gasteiger partial charge in [0, 0.05) is 12.6 Å². The number of nitrogens with one attached hydrogen (secondary N) is 2. The smallest absolute Gasteiger partial charge is 0.407 e. The lowest BCUT2D eigenvalue weighted by Gasteiger charge is -2.21. The summed E-state index contributed by atoms with van der Waals surface area (Å²) in [6.45, 7) is 7.40. The molecule has 1 aliphatic rings. The first-order valence-corrected chi connectivity index (χ1v) is 7.70. The Morgan fingerprint density at radius 1 is 1.48 bits per heavy atom. The Hall–Kier alpha value is -1.66. The van der Waals surface area contributed by atoms with E-state index in [0.29, 0.717) is 6.29 Å². The summed E-state index contributed by atoms with van der Waals surface area (Å²) in [4.78, 5) is 21.3. The number of rotatable bonds is 2. The number of halogens is 2. The van der Waals surface area contributed by atoms with E-state index in [1.807, 2.05) is 20.8 Å². The van der Waals surface area contributed by atoms with Crippen LogP contribution in [0.3, 0.4) is 0 Å². The van der Waals surface area contributed by atoms with Gasteiger partial charge in [-0.3, -0.25) is 4.79 Å². The lowest BCUT2D eigenvalue weighted by Crippen LogP contribution is -2.40. The van der Waals surface area contributed by atoms with Crippen molar-refractivity contribution in [1.82, 2.24) is 10.6 Å². The molecule has 23 heavy (non-hydrogen) atoms. The van der Waals surface area contributed by atoms with Crippen LogP contribution >= 0.6 is 11.6 Å². The largest absolute Gasteiger partial charge is 0.444 e. The van der Waals surface area contributed by atoms with Crippen molar-refractivity contribution in [3.05, 3.63) is 34.6 Å². The minimum atomic E-state index is -0.654. The molecule has 2 rings (SSSR count). The Balaban J connectivity index is 0.000000238. The van der Waals surface area contributed by atoms with Gasteiger partial charge in [0.1, 0.15) is 5.60 Å². The quantitative estimate of drug-likeness (QED) is 0.809. The zero-order chi connectivity index (χ0) is 17.5. The molecule has 0 bridgehead atoms. The highest BCUT2D eigenvalue weighted by molar-refractivity contribution is 6.31. The zero-order valence-electron chi connectivity index (χ0n) is 13.5. The Morgan fingerprint density at radius 3 is 2.65 bits per heavy atom. The molecular formula is C16H22ClFN2O3. The summed E-state index contributed by atoms with van der Waals surface area (Å²) in [5, 5.41) is 5.96. The summed E-state index contributed by atoms with van der Waals surface area (Å²) in [6, 6.07) is 4.52. The maximum absolute atomic E-state index is 12.6. The van der Waals surface area contributed by atoms with Crippen LogP contribution in [0.1, 0.15) is 37.6 Å². The van der Waals surface area contributed by atoms with Gasteiger partial charge in [-0.1, -0.05) is 17.7 Å². The van der Waals surface area contributed by atoms with Crippen molar-refractivity contribution in [1.29, 1.82) is 0 Å². The molecule has 1 fully saturated rings. The van der Waals surface area contributed by atoms with E-state index in [-0.39, 0.29) is 22.7 Å². The second kappa shape index (κ2) is 8.84. The summed E-state index contributed by atoms with van der Waals surface area (Å²) in [5.74, 6) is -0.654. The van der Waals surface area contributed by atoms with Crippen molar-refractivity contribution in [2.45, 2.75) is 38.8 Å². The van der Waals surface area contributed by atoms with Gasteiger partial charge in [-0.15, -0.1) is 0 Å². The van der Waals surface area contributed by atoms with Gasteiger partial charge in [-0.05, 0) is 45.9 Å². The fourth-order valence-electron chi connectivity index (χ4n) is 1.86. The third-order valence-corrected chi connectivity index (χ3v) is 3.18. The van der Waals surface area contributed by atoms with Gasteiger partial charge < -0.3 is 15.4 Å². The van der Waals surface area contributed by atoms with Crippen LogP contribution in [-0.2, 0) is 4.74 Å². The highest BCUT2D eigenvalue weighted by Gasteiger charge is 2.21. The lowest BCUT2D eigenvalue weighted by molar-refractivity contribution is 0.0508. The molecule has 0 aromatic heterocycles. The number of ether oxygens (including phenoxy) is 1. The first-order valence-electron chi connectivity index (χ1n) is 7.32. The van der Waals surface area contributed by atoms with Crippen LogP contribution in [0.5, 0.6) is 0 Å². The molecule has 1 aromatic rings. The number of alkyl carbamates (subject to hydrolysis) is 1. The molecule has 5 nitrogen and oxygen atoms in total. The van der Waals surface area contributed by atoms with Crippen molar-refractivity contribution in [2.75, 3.05) is 13.1 Å². The van der Waals surface area contributed by atoms with E-state index < -0.39 is 11.4 Å². The molecule has 1 amide bonds. The van der Waals surface area contributed by atoms with Gasteiger partial charge in [0.05, 0.1) is 10.6 Å². The average Bonchev–Trinajstić information content (AvgIpc) is 2.93. The minimum absolute atomic E-state index is 0.00694. The lowest BCUT2D eigenvalue weighted by atomic mass is 10.2. The molecule has 0 unspecified atom stereocenters. The molecule has 0 radical (unpaired) electrons. The zero-order valence-corrected chi connectivity index (χ0v) is 14.2. The Morgan fingerprint density at radius 2 is 2.17 bits per heavy atom. The molecular weight excluding hydrogens is 323 g/mol. The van der Waals surface area contributed by atoms with E-state index in [1.165, 1.54) is 18.2 Å².